The molecule has 0 aromatic heterocycles. The molecule has 1 aliphatic rings. The van der Waals surface area contributed by atoms with E-state index in [1.165, 1.54) is 18.2 Å². The fraction of sp³-hybridized carbons (Fsp3) is 0.556. The summed E-state index contributed by atoms with van der Waals surface area (Å²) < 4.78 is 0. The number of rotatable bonds is 6. The van der Waals surface area contributed by atoms with Crippen LogP contribution in [0.3, 0.4) is 0 Å². The predicted octanol–water partition coefficient (Wildman–Crippen LogP) is 2.00. The van der Waals surface area contributed by atoms with Crippen LogP contribution in [-0.2, 0) is 4.79 Å². The van der Waals surface area contributed by atoms with E-state index in [2.05, 4.69) is 5.32 Å². The van der Waals surface area contributed by atoms with Crippen LogP contribution in [0.5, 0.6) is 0 Å². The summed E-state index contributed by atoms with van der Waals surface area (Å²) >= 11 is 0. The molecule has 1 aromatic rings. The third kappa shape index (κ3) is 5.16. The van der Waals surface area contributed by atoms with E-state index in [9.17, 15) is 19.7 Å². The molecule has 0 saturated carbocycles. The van der Waals surface area contributed by atoms with Crippen molar-refractivity contribution < 1.29 is 14.5 Å². The number of anilines is 1. The minimum atomic E-state index is -0.495. The number of hydrogen-bond donors (Lipinski definition) is 1. The molecule has 9 heteroatoms. The highest BCUT2D eigenvalue weighted by Crippen LogP contribution is 2.18. The number of piperazine rings is 1. The fourth-order valence-corrected chi connectivity index (χ4v) is 3.10. The van der Waals surface area contributed by atoms with Gasteiger partial charge in [-0.15, -0.1) is 0 Å². The molecule has 1 aromatic carbocycles. The van der Waals surface area contributed by atoms with Gasteiger partial charge < -0.3 is 15.1 Å². The number of nitro groups is 1. The first-order chi connectivity index (χ1) is 12.9. The van der Waals surface area contributed by atoms with Gasteiger partial charge in [-0.2, -0.15) is 0 Å². The van der Waals surface area contributed by atoms with Crippen LogP contribution in [0.25, 0.3) is 0 Å². The Morgan fingerprint density at radius 3 is 2.41 bits per heavy atom. The number of nitrogens with zero attached hydrogens (tertiary/aromatic N) is 4. The lowest BCUT2D eigenvalue weighted by atomic mass is 10.2. The summed E-state index contributed by atoms with van der Waals surface area (Å²) in [5, 5.41) is 13.6. The molecule has 1 atom stereocenters. The number of carbonyl (C=O) groups excluding carboxylic acids is 2. The topological polar surface area (TPSA) is 99.0 Å². The Balaban J connectivity index is 1.90. The van der Waals surface area contributed by atoms with Crippen molar-refractivity contribution in [3.63, 3.8) is 0 Å². The molecule has 0 bridgehead atoms. The average Bonchev–Trinajstić information content (AvgIpc) is 2.68. The predicted molar refractivity (Wildman–Crippen MR) is 103 cm³/mol. The lowest BCUT2D eigenvalue weighted by Crippen LogP contribution is -2.56. The van der Waals surface area contributed by atoms with Crippen molar-refractivity contribution >= 4 is 23.3 Å². The quantitative estimate of drug-likeness (QED) is 0.604. The third-order valence-corrected chi connectivity index (χ3v) is 4.87. The number of hydrogen-bond acceptors (Lipinski definition) is 5. The Bertz CT molecular complexity index is 684. The number of carbonyl (C=O) groups is 2. The van der Waals surface area contributed by atoms with Crippen molar-refractivity contribution in [3.05, 3.63) is 34.4 Å². The number of nitro benzene ring substituents is 1. The van der Waals surface area contributed by atoms with E-state index in [4.69, 9.17) is 0 Å². The maximum Gasteiger partial charge on any atom is 0.320 e. The van der Waals surface area contributed by atoms with Crippen LogP contribution in [-0.4, -0.2) is 76.9 Å². The van der Waals surface area contributed by atoms with Gasteiger partial charge in [0.15, 0.2) is 0 Å². The molecule has 3 amide bonds. The van der Waals surface area contributed by atoms with Gasteiger partial charge >= 0.3 is 6.03 Å². The Labute approximate surface area is 159 Å². The molecule has 1 heterocycles. The van der Waals surface area contributed by atoms with Crippen molar-refractivity contribution in [2.24, 2.45) is 0 Å². The van der Waals surface area contributed by atoms with Gasteiger partial charge in [-0.3, -0.25) is 19.8 Å². The first-order valence-corrected chi connectivity index (χ1v) is 9.20. The SMILES string of the molecule is CCN(CC)C(=O)N1CCN(C(C)C(=O)Nc2cccc([N+](=O)[O-])c2)CC1. The highest BCUT2D eigenvalue weighted by molar-refractivity contribution is 5.94. The van der Waals surface area contributed by atoms with Gasteiger partial charge in [-0.25, -0.2) is 4.79 Å². The van der Waals surface area contributed by atoms with E-state index in [1.54, 1.807) is 17.9 Å². The van der Waals surface area contributed by atoms with E-state index in [0.29, 0.717) is 45.0 Å². The lowest BCUT2D eigenvalue weighted by molar-refractivity contribution is -0.384. The highest BCUT2D eigenvalue weighted by Gasteiger charge is 2.29. The van der Waals surface area contributed by atoms with Crippen molar-refractivity contribution in [2.45, 2.75) is 26.8 Å². The molecule has 1 fully saturated rings. The zero-order valence-electron chi connectivity index (χ0n) is 16.1. The van der Waals surface area contributed by atoms with Crippen molar-refractivity contribution in [3.8, 4) is 0 Å². The summed E-state index contributed by atoms with van der Waals surface area (Å²) in [6.07, 6.45) is 0. The summed E-state index contributed by atoms with van der Waals surface area (Å²) in [6.45, 7) is 9.43. The Morgan fingerprint density at radius 1 is 1.22 bits per heavy atom. The van der Waals surface area contributed by atoms with Crippen LogP contribution in [0.15, 0.2) is 24.3 Å². The van der Waals surface area contributed by atoms with E-state index < -0.39 is 11.0 Å². The summed E-state index contributed by atoms with van der Waals surface area (Å²) in [5.74, 6) is -0.223. The van der Waals surface area contributed by atoms with Crippen molar-refractivity contribution in [1.29, 1.82) is 0 Å². The molecule has 0 spiro atoms. The second-order valence-corrected chi connectivity index (χ2v) is 6.45. The number of amides is 3. The summed E-state index contributed by atoms with van der Waals surface area (Å²) in [6, 6.07) is 5.52. The number of benzene rings is 1. The van der Waals surface area contributed by atoms with E-state index in [0.717, 1.165) is 0 Å². The Hall–Kier alpha value is -2.68. The minimum absolute atomic E-state index is 0.0355. The summed E-state index contributed by atoms with van der Waals surface area (Å²) in [4.78, 5) is 40.9. The molecule has 1 aliphatic heterocycles. The molecule has 1 unspecified atom stereocenters. The molecule has 27 heavy (non-hydrogen) atoms. The first-order valence-electron chi connectivity index (χ1n) is 9.20. The molecular weight excluding hydrogens is 350 g/mol. The van der Waals surface area contributed by atoms with Gasteiger partial charge in [0.1, 0.15) is 0 Å². The second-order valence-electron chi connectivity index (χ2n) is 6.45. The van der Waals surface area contributed by atoms with Crippen LogP contribution in [0, 0.1) is 10.1 Å². The van der Waals surface area contributed by atoms with Gasteiger partial charge in [0.2, 0.25) is 5.91 Å². The fourth-order valence-electron chi connectivity index (χ4n) is 3.10. The zero-order chi connectivity index (χ0) is 20.0. The van der Waals surface area contributed by atoms with E-state index in [-0.39, 0.29) is 17.6 Å². The lowest BCUT2D eigenvalue weighted by Gasteiger charge is -2.39. The van der Waals surface area contributed by atoms with Crippen molar-refractivity contribution in [2.75, 3.05) is 44.6 Å². The zero-order valence-corrected chi connectivity index (χ0v) is 16.1. The maximum atomic E-state index is 12.5. The van der Waals surface area contributed by atoms with E-state index in [1.807, 2.05) is 23.6 Å². The number of non-ortho nitro benzene ring substituents is 1. The largest absolute Gasteiger partial charge is 0.325 e. The smallest absolute Gasteiger partial charge is 0.320 e. The van der Waals surface area contributed by atoms with Crippen molar-refractivity contribution in [1.82, 2.24) is 14.7 Å². The van der Waals surface area contributed by atoms with Gasteiger partial charge in [0.05, 0.1) is 11.0 Å². The van der Waals surface area contributed by atoms with Gasteiger partial charge in [-0.05, 0) is 26.8 Å². The van der Waals surface area contributed by atoms with Crippen LogP contribution in [0.4, 0.5) is 16.2 Å². The van der Waals surface area contributed by atoms with Gasteiger partial charge in [0, 0.05) is 57.1 Å². The molecule has 148 valence electrons. The van der Waals surface area contributed by atoms with Crippen LogP contribution in [0.1, 0.15) is 20.8 Å². The molecule has 1 saturated heterocycles. The standard InChI is InChI=1S/C18H27N5O4/c1-4-20(5-2)18(25)22-11-9-21(10-12-22)14(3)17(24)19-15-7-6-8-16(13-15)23(26)27/h6-8,13-14H,4-5,9-12H2,1-3H3,(H,19,24). The van der Waals surface area contributed by atoms with Gasteiger partial charge in [-0.1, -0.05) is 6.07 Å². The monoisotopic (exact) mass is 377 g/mol. The molecule has 0 radical (unpaired) electrons. The number of urea groups is 1. The normalized spacial score (nSPS) is 15.9. The molecule has 2 rings (SSSR count). The summed E-state index contributed by atoms with van der Waals surface area (Å²) in [7, 11) is 0. The molecule has 1 N–H and O–H groups in total. The molecule has 9 nitrogen and oxygen atoms in total. The van der Waals surface area contributed by atoms with Crippen LogP contribution >= 0.6 is 0 Å². The minimum Gasteiger partial charge on any atom is -0.325 e. The van der Waals surface area contributed by atoms with Crippen LogP contribution < -0.4 is 5.32 Å². The maximum absolute atomic E-state index is 12.5. The van der Waals surface area contributed by atoms with Gasteiger partial charge in [0.25, 0.3) is 5.69 Å². The summed E-state index contributed by atoms with van der Waals surface area (Å²) in [5.41, 5.74) is 0.334. The molecule has 0 aliphatic carbocycles. The first kappa shape index (κ1) is 20.6. The molecular formula is C18H27N5O4. The second kappa shape index (κ2) is 9.31. The third-order valence-electron chi connectivity index (χ3n) is 4.87. The average molecular weight is 377 g/mol. The van der Waals surface area contributed by atoms with E-state index >= 15 is 0 Å². The highest BCUT2D eigenvalue weighted by atomic mass is 16.6. The Kier molecular flexibility index (Phi) is 7.12. The number of nitrogens with one attached hydrogen (secondary N) is 1. The van der Waals surface area contributed by atoms with Crippen LogP contribution in [0.2, 0.25) is 0 Å². The Morgan fingerprint density at radius 2 is 1.85 bits per heavy atom.